The van der Waals surface area contributed by atoms with E-state index in [1.807, 2.05) is 26.0 Å². The lowest BCUT2D eigenvalue weighted by molar-refractivity contribution is -0.0258. The number of carbonyl (C=O) groups excluding carboxylic acids is 1. The molecule has 0 saturated carbocycles. The number of benzene rings is 2. The van der Waals surface area contributed by atoms with Crippen LogP contribution in [0.3, 0.4) is 0 Å². The zero-order chi connectivity index (χ0) is 20.2. The number of carbonyl (C=O) groups is 1. The van der Waals surface area contributed by atoms with E-state index in [0.717, 1.165) is 10.0 Å². The van der Waals surface area contributed by atoms with Gasteiger partial charge in [0.05, 0.1) is 12.0 Å². The minimum absolute atomic E-state index is 0.0172. The van der Waals surface area contributed by atoms with Crippen LogP contribution >= 0.6 is 11.6 Å². The number of nitrogens with one attached hydrogen (secondary N) is 1. The van der Waals surface area contributed by atoms with Gasteiger partial charge in [-0.15, -0.1) is 0 Å². The van der Waals surface area contributed by atoms with Crippen molar-refractivity contribution in [2.45, 2.75) is 24.2 Å². The Hall–Kier alpha value is -1.93. The van der Waals surface area contributed by atoms with Crippen molar-refractivity contribution in [1.29, 1.82) is 0 Å². The minimum Gasteiger partial charge on any atom is -0.351 e. The van der Waals surface area contributed by atoms with Gasteiger partial charge < -0.3 is 5.32 Å². The number of nitrogens with zero attached hydrogens (tertiary/aromatic N) is 1. The van der Waals surface area contributed by atoms with Crippen LogP contribution in [0, 0.1) is 0 Å². The summed E-state index contributed by atoms with van der Waals surface area (Å²) in [7, 11) is -1.27. The van der Waals surface area contributed by atoms with E-state index >= 15 is 0 Å². The SMILES string of the molecule is CON(C)S(=O)(=O)c1cccc(C(=O)NCC(C)(C)c2ccc(Cl)cc2)c1. The van der Waals surface area contributed by atoms with Crippen molar-refractivity contribution in [3.05, 3.63) is 64.7 Å². The quantitative estimate of drug-likeness (QED) is 0.711. The number of hydrogen-bond acceptors (Lipinski definition) is 4. The second-order valence-corrected chi connectivity index (χ2v) is 9.07. The molecule has 2 aromatic carbocycles. The largest absolute Gasteiger partial charge is 0.351 e. The Morgan fingerprint density at radius 2 is 1.81 bits per heavy atom. The smallest absolute Gasteiger partial charge is 0.264 e. The van der Waals surface area contributed by atoms with E-state index in [2.05, 4.69) is 5.32 Å². The van der Waals surface area contributed by atoms with Crippen LogP contribution in [-0.4, -0.2) is 39.5 Å². The van der Waals surface area contributed by atoms with Crippen LogP contribution in [0.5, 0.6) is 0 Å². The number of hydrogen-bond donors (Lipinski definition) is 1. The van der Waals surface area contributed by atoms with Gasteiger partial charge in [-0.05, 0) is 35.9 Å². The zero-order valence-corrected chi connectivity index (χ0v) is 17.3. The maximum Gasteiger partial charge on any atom is 0.264 e. The average molecular weight is 411 g/mol. The third kappa shape index (κ3) is 5.07. The molecule has 0 radical (unpaired) electrons. The Morgan fingerprint density at radius 1 is 1.19 bits per heavy atom. The Bertz CT molecular complexity index is 912. The maximum atomic E-state index is 12.5. The Labute approximate surface area is 165 Å². The van der Waals surface area contributed by atoms with Crippen molar-refractivity contribution in [1.82, 2.24) is 9.79 Å². The summed E-state index contributed by atoms with van der Waals surface area (Å²) in [6, 6.07) is 13.3. The average Bonchev–Trinajstić information content (AvgIpc) is 2.65. The van der Waals surface area contributed by atoms with Crippen LogP contribution in [0.25, 0.3) is 0 Å². The molecule has 0 aliphatic carbocycles. The molecule has 0 aliphatic heterocycles. The highest BCUT2D eigenvalue weighted by Crippen LogP contribution is 2.24. The van der Waals surface area contributed by atoms with Crippen LogP contribution in [-0.2, 0) is 20.3 Å². The summed E-state index contributed by atoms with van der Waals surface area (Å²) >= 11 is 5.92. The van der Waals surface area contributed by atoms with Crippen molar-refractivity contribution in [2.75, 3.05) is 20.7 Å². The lowest BCUT2D eigenvalue weighted by atomic mass is 9.84. The lowest BCUT2D eigenvalue weighted by Gasteiger charge is -2.26. The Balaban J connectivity index is 2.15. The molecule has 1 N–H and O–H groups in total. The summed E-state index contributed by atoms with van der Waals surface area (Å²) in [5, 5.41) is 3.51. The van der Waals surface area contributed by atoms with Crippen molar-refractivity contribution < 1.29 is 18.0 Å². The van der Waals surface area contributed by atoms with E-state index in [1.54, 1.807) is 18.2 Å². The highest BCUT2D eigenvalue weighted by molar-refractivity contribution is 7.89. The molecule has 0 heterocycles. The minimum atomic E-state index is -3.82. The second kappa shape index (κ2) is 8.39. The van der Waals surface area contributed by atoms with E-state index in [9.17, 15) is 13.2 Å². The molecule has 0 aromatic heterocycles. The summed E-state index contributed by atoms with van der Waals surface area (Å²) in [6.45, 7) is 4.39. The van der Waals surface area contributed by atoms with E-state index in [0.29, 0.717) is 11.6 Å². The highest BCUT2D eigenvalue weighted by Gasteiger charge is 2.24. The van der Waals surface area contributed by atoms with Gasteiger partial charge in [-0.1, -0.05) is 48.1 Å². The van der Waals surface area contributed by atoms with Gasteiger partial charge in [-0.3, -0.25) is 9.63 Å². The summed E-state index contributed by atoms with van der Waals surface area (Å²) in [4.78, 5) is 17.3. The summed E-state index contributed by atoms with van der Waals surface area (Å²) in [5.74, 6) is -0.353. The standard InChI is InChI=1S/C19H23ClN2O4S/c1-19(2,15-8-10-16(20)11-9-15)13-21-18(23)14-6-5-7-17(12-14)27(24,25)22(3)26-4/h5-12H,13H2,1-4H3,(H,21,23). The molecule has 0 saturated heterocycles. The molecule has 2 aromatic rings. The third-order valence-electron chi connectivity index (χ3n) is 4.31. The first-order valence-corrected chi connectivity index (χ1v) is 10.1. The van der Waals surface area contributed by atoms with Gasteiger partial charge in [0, 0.05) is 29.6 Å². The maximum absolute atomic E-state index is 12.5. The monoisotopic (exact) mass is 410 g/mol. The number of amides is 1. The van der Waals surface area contributed by atoms with E-state index in [4.69, 9.17) is 16.4 Å². The molecule has 0 bridgehead atoms. The number of halogens is 1. The molecule has 0 fully saturated rings. The fourth-order valence-electron chi connectivity index (χ4n) is 2.45. The second-order valence-electron chi connectivity index (χ2n) is 6.70. The Kier molecular flexibility index (Phi) is 6.64. The van der Waals surface area contributed by atoms with Crippen LogP contribution in [0.2, 0.25) is 5.02 Å². The van der Waals surface area contributed by atoms with Crippen LogP contribution in [0.15, 0.2) is 53.4 Å². The van der Waals surface area contributed by atoms with Gasteiger partial charge in [0.1, 0.15) is 0 Å². The topological polar surface area (TPSA) is 75.7 Å². The first kappa shape index (κ1) is 21.4. The summed E-state index contributed by atoms with van der Waals surface area (Å²) < 4.78 is 25.4. The normalized spacial score (nSPS) is 12.2. The fourth-order valence-corrected chi connectivity index (χ4v) is 3.60. The van der Waals surface area contributed by atoms with Gasteiger partial charge >= 0.3 is 0 Å². The number of rotatable bonds is 7. The molecule has 2 rings (SSSR count). The first-order chi connectivity index (χ1) is 12.6. The lowest BCUT2D eigenvalue weighted by Crippen LogP contribution is -2.36. The molecular formula is C19H23ClN2O4S. The first-order valence-electron chi connectivity index (χ1n) is 8.25. The van der Waals surface area contributed by atoms with Crippen molar-refractivity contribution in [3.63, 3.8) is 0 Å². The summed E-state index contributed by atoms with van der Waals surface area (Å²) in [5.41, 5.74) is 0.970. The molecule has 27 heavy (non-hydrogen) atoms. The molecule has 0 atom stereocenters. The molecule has 146 valence electrons. The van der Waals surface area contributed by atoms with Crippen molar-refractivity contribution >= 4 is 27.5 Å². The predicted octanol–water partition coefficient (Wildman–Crippen LogP) is 3.23. The zero-order valence-electron chi connectivity index (χ0n) is 15.7. The van der Waals surface area contributed by atoms with E-state index < -0.39 is 10.0 Å². The van der Waals surface area contributed by atoms with E-state index in [1.165, 1.54) is 32.4 Å². The van der Waals surface area contributed by atoms with E-state index in [-0.39, 0.29) is 21.8 Å². The molecule has 6 nitrogen and oxygen atoms in total. The van der Waals surface area contributed by atoms with Crippen LogP contribution < -0.4 is 5.32 Å². The number of hydroxylamine groups is 1. The highest BCUT2D eigenvalue weighted by atomic mass is 35.5. The molecule has 0 spiro atoms. The molecule has 8 heteroatoms. The predicted molar refractivity (Wildman–Crippen MR) is 105 cm³/mol. The fraction of sp³-hybridized carbons (Fsp3) is 0.316. The molecular weight excluding hydrogens is 388 g/mol. The van der Waals surface area contributed by atoms with Gasteiger partial charge in [-0.2, -0.15) is 0 Å². The van der Waals surface area contributed by atoms with Crippen LogP contribution in [0.1, 0.15) is 29.8 Å². The van der Waals surface area contributed by atoms with Gasteiger partial charge in [0.25, 0.3) is 15.9 Å². The molecule has 1 amide bonds. The third-order valence-corrected chi connectivity index (χ3v) is 6.23. The summed E-state index contributed by atoms with van der Waals surface area (Å²) in [6.07, 6.45) is 0. The number of sulfonamides is 1. The van der Waals surface area contributed by atoms with Gasteiger partial charge in [-0.25, -0.2) is 8.42 Å². The molecule has 0 aliphatic rings. The van der Waals surface area contributed by atoms with Crippen LogP contribution in [0.4, 0.5) is 0 Å². The van der Waals surface area contributed by atoms with Crippen molar-refractivity contribution in [3.8, 4) is 0 Å². The van der Waals surface area contributed by atoms with Crippen molar-refractivity contribution in [2.24, 2.45) is 0 Å². The van der Waals surface area contributed by atoms with Gasteiger partial charge in [0.15, 0.2) is 0 Å². The Morgan fingerprint density at radius 3 is 2.41 bits per heavy atom. The van der Waals surface area contributed by atoms with Gasteiger partial charge in [0.2, 0.25) is 0 Å². The molecule has 0 unspecified atom stereocenters.